The SMILES string of the molecule is CC(=O)Oc1cc2c(c(C)c1OC(C)=O)C(=O)C=C1[C@@]2(C)CC[C@@]2(C)[C@@H]3C[C@](C)(C=O)CC[C@]3(C)CC[C@]12C. The summed E-state index contributed by atoms with van der Waals surface area (Å²) >= 11 is 0. The van der Waals surface area contributed by atoms with E-state index in [1.54, 1.807) is 13.0 Å². The maximum absolute atomic E-state index is 13.9. The lowest BCUT2D eigenvalue weighted by Crippen LogP contribution is -2.62. The highest BCUT2D eigenvalue weighted by atomic mass is 16.6. The van der Waals surface area contributed by atoms with E-state index in [0.717, 1.165) is 56.1 Å². The molecule has 0 radical (unpaired) electrons. The maximum Gasteiger partial charge on any atom is 0.308 e. The fraction of sp³-hybridized carbons (Fsp3) is 0.636. The average molecular weight is 535 g/mol. The number of benzene rings is 1. The molecule has 0 amide bonds. The van der Waals surface area contributed by atoms with Crippen molar-refractivity contribution in [1.82, 2.24) is 0 Å². The van der Waals surface area contributed by atoms with Crippen molar-refractivity contribution in [3.05, 3.63) is 34.4 Å². The summed E-state index contributed by atoms with van der Waals surface area (Å²) in [7, 11) is 0. The summed E-state index contributed by atoms with van der Waals surface area (Å²) in [6.07, 6.45) is 9.76. The molecule has 4 aliphatic carbocycles. The van der Waals surface area contributed by atoms with Gasteiger partial charge in [0.15, 0.2) is 17.3 Å². The third-order valence-corrected chi connectivity index (χ3v) is 11.7. The van der Waals surface area contributed by atoms with E-state index in [1.165, 1.54) is 20.1 Å². The highest BCUT2D eigenvalue weighted by Gasteiger charge is 2.66. The van der Waals surface area contributed by atoms with Gasteiger partial charge in [0.05, 0.1) is 0 Å². The normalized spacial score (nSPS) is 38.8. The molecule has 0 heterocycles. The van der Waals surface area contributed by atoms with Crippen LogP contribution in [0.25, 0.3) is 0 Å². The van der Waals surface area contributed by atoms with Crippen LogP contribution in [0.15, 0.2) is 17.7 Å². The van der Waals surface area contributed by atoms with Gasteiger partial charge >= 0.3 is 11.9 Å². The monoisotopic (exact) mass is 534 g/mol. The van der Waals surface area contributed by atoms with Crippen LogP contribution in [0, 0.1) is 34.5 Å². The summed E-state index contributed by atoms with van der Waals surface area (Å²) in [5.74, 6) is -0.486. The van der Waals surface area contributed by atoms with Crippen LogP contribution in [0.2, 0.25) is 0 Å². The van der Waals surface area contributed by atoms with Crippen LogP contribution < -0.4 is 9.47 Å². The number of carbonyl (C=O) groups excluding carboxylic acids is 4. The molecule has 3 fully saturated rings. The zero-order valence-corrected chi connectivity index (χ0v) is 24.7. The smallest absolute Gasteiger partial charge is 0.308 e. The summed E-state index contributed by atoms with van der Waals surface area (Å²) in [5.41, 5.74) is 2.17. The number of aldehydes is 1. The lowest BCUT2D eigenvalue weighted by Gasteiger charge is -2.69. The number of hydrogen-bond acceptors (Lipinski definition) is 6. The van der Waals surface area contributed by atoms with Crippen molar-refractivity contribution in [2.75, 3.05) is 0 Å². The Morgan fingerprint density at radius 1 is 0.923 bits per heavy atom. The molecule has 6 nitrogen and oxygen atoms in total. The van der Waals surface area contributed by atoms with Gasteiger partial charge in [0.25, 0.3) is 0 Å². The molecule has 39 heavy (non-hydrogen) atoms. The number of esters is 2. The quantitative estimate of drug-likeness (QED) is 0.240. The molecule has 0 spiro atoms. The first-order valence-corrected chi connectivity index (χ1v) is 14.3. The van der Waals surface area contributed by atoms with E-state index in [-0.39, 0.29) is 38.9 Å². The summed E-state index contributed by atoms with van der Waals surface area (Å²) in [6, 6.07) is 1.76. The number of ketones is 1. The molecule has 0 saturated heterocycles. The van der Waals surface area contributed by atoms with Crippen molar-refractivity contribution in [3.8, 4) is 11.5 Å². The summed E-state index contributed by atoms with van der Waals surface area (Å²) in [6.45, 7) is 15.9. The number of ether oxygens (including phenoxy) is 2. The zero-order valence-electron chi connectivity index (χ0n) is 24.7. The van der Waals surface area contributed by atoms with Crippen LogP contribution in [-0.4, -0.2) is 24.0 Å². The van der Waals surface area contributed by atoms with Crippen LogP contribution in [-0.2, 0) is 19.8 Å². The minimum absolute atomic E-state index is 0.0702. The zero-order chi connectivity index (χ0) is 28.8. The predicted molar refractivity (Wildman–Crippen MR) is 148 cm³/mol. The van der Waals surface area contributed by atoms with E-state index < -0.39 is 17.4 Å². The van der Waals surface area contributed by atoms with Crippen molar-refractivity contribution < 1.29 is 28.7 Å². The second-order valence-corrected chi connectivity index (χ2v) is 14.1. The van der Waals surface area contributed by atoms with Gasteiger partial charge in [-0.15, -0.1) is 0 Å². The van der Waals surface area contributed by atoms with Gasteiger partial charge in [-0.25, -0.2) is 0 Å². The Morgan fingerprint density at radius 2 is 1.56 bits per heavy atom. The maximum atomic E-state index is 13.9. The molecule has 0 bridgehead atoms. The van der Waals surface area contributed by atoms with Gasteiger partial charge in [0.2, 0.25) is 0 Å². The highest BCUT2D eigenvalue weighted by Crippen LogP contribution is 2.74. The van der Waals surface area contributed by atoms with Crippen LogP contribution >= 0.6 is 0 Å². The van der Waals surface area contributed by atoms with Crippen LogP contribution in [0.3, 0.4) is 0 Å². The van der Waals surface area contributed by atoms with Gasteiger partial charge in [0.1, 0.15) is 6.29 Å². The number of hydrogen-bond donors (Lipinski definition) is 0. The average Bonchev–Trinajstić information content (AvgIpc) is 2.85. The van der Waals surface area contributed by atoms with E-state index >= 15 is 0 Å². The third kappa shape index (κ3) is 3.80. The molecule has 1 aromatic carbocycles. The molecule has 1 aromatic rings. The van der Waals surface area contributed by atoms with Gasteiger partial charge in [0, 0.05) is 35.8 Å². The summed E-state index contributed by atoms with van der Waals surface area (Å²) in [4.78, 5) is 50.0. The number of allylic oxidation sites excluding steroid dienone is 2. The number of rotatable bonds is 3. The van der Waals surface area contributed by atoms with Crippen molar-refractivity contribution in [2.24, 2.45) is 27.6 Å². The van der Waals surface area contributed by atoms with Crippen molar-refractivity contribution in [3.63, 3.8) is 0 Å². The molecule has 0 unspecified atom stereocenters. The van der Waals surface area contributed by atoms with E-state index in [0.29, 0.717) is 17.0 Å². The number of carbonyl (C=O) groups is 4. The van der Waals surface area contributed by atoms with Gasteiger partial charge in [-0.2, -0.15) is 0 Å². The standard InChI is InChI=1S/C33H42O6/c1-19-27-22(15-24(38-20(2)35)28(19)39-21(3)36)31(6)12-14-33(8)26-17-29(4,18-34)9-10-30(26,5)11-13-32(33,7)25(31)16-23(27)37/h15-16,18,26H,9-14,17H2,1-8H3/t26-,29-,30-,31+,32-,33+/m1/s1. The van der Waals surface area contributed by atoms with E-state index in [1.807, 2.05) is 6.08 Å². The Labute approximate surface area is 231 Å². The molecule has 3 saturated carbocycles. The molecule has 4 aliphatic rings. The van der Waals surface area contributed by atoms with E-state index in [9.17, 15) is 19.2 Å². The summed E-state index contributed by atoms with van der Waals surface area (Å²) < 4.78 is 11.0. The first kappa shape index (κ1) is 27.8. The first-order chi connectivity index (χ1) is 18.0. The van der Waals surface area contributed by atoms with Crippen molar-refractivity contribution in [1.29, 1.82) is 0 Å². The largest absolute Gasteiger partial charge is 0.423 e. The lowest BCUT2D eigenvalue weighted by atomic mass is 9.34. The highest BCUT2D eigenvalue weighted by molar-refractivity contribution is 6.10. The Kier molecular flexibility index (Phi) is 6.14. The van der Waals surface area contributed by atoms with Crippen LogP contribution in [0.5, 0.6) is 11.5 Å². The predicted octanol–water partition coefficient (Wildman–Crippen LogP) is 6.84. The Morgan fingerprint density at radius 3 is 2.18 bits per heavy atom. The van der Waals surface area contributed by atoms with Crippen LogP contribution in [0.4, 0.5) is 0 Å². The van der Waals surface area contributed by atoms with Crippen molar-refractivity contribution >= 4 is 24.0 Å². The molecule has 5 rings (SSSR count). The Hall–Kier alpha value is -2.76. The molecule has 6 heteroatoms. The van der Waals surface area contributed by atoms with Gasteiger partial charge < -0.3 is 14.3 Å². The van der Waals surface area contributed by atoms with Crippen LogP contribution in [0.1, 0.15) is 115 Å². The second kappa shape index (κ2) is 8.62. The Balaban J connectivity index is 1.68. The summed E-state index contributed by atoms with van der Waals surface area (Å²) in [5, 5.41) is 0. The topological polar surface area (TPSA) is 86.7 Å². The second-order valence-electron chi connectivity index (χ2n) is 14.1. The van der Waals surface area contributed by atoms with Gasteiger partial charge in [-0.1, -0.05) is 34.6 Å². The molecular weight excluding hydrogens is 492 g/mol. The number of fused-ring (bicyclic) bond motifs is 7. The molecule has 0 N–H and O–H groups in total. The van der Waals surface area contributed by atoms with E-state index in [4.69, 9.17) is 9.47 Å². The van der Waals surface area contributed by atoms with Crippen molar-refractivity contribution in [2.45, 2.75) is 106 Å². The fourth-order valence-electron chi connectivity index (χ4n) is 9.14. The molecule has 6 atom stereocenters. The Bertz CT molecular complexity index is 1340. The molecule has 210 valence electrons. The van der Waals surface area contributed by atoms with Gasteiger partial charge in [-0.05, 0) is 97.3 Å². The molecule has 0 aromatic heterocycles. The lowest BCUT2D eigenvalue weighted by molar-refractivity contribution is -0.161. The van der Waals surface area contributed by atoms with Gasteiger partial charge in [-0.3, -0.25) is 14.4 Å². The third-order valence-electron chi connectivity index (χ3n) is 11.7. The van der Waals surface area contributed by atoms with E-state index in [2.05, 4.69) is 34.6 Å². The molecule has 0 aliphatic heterocycles. The first-order valence-electron chi connectivity index (χ1n) is 14.3. The minimum atomic E-state index is -0.543. The molecular formula is C33H42O6. The fourth-order valence-corrected chi connectivity index (χ4v) is 9.14. The minimum Gasteiger partial charge on any atom is -0.423 e.